The van der Waals surface area contributed by atoms with E-state index in [4.69, 9.17) is 4.63 Å². The van der Waals surface area contributed by atoms with Gasteiger partial charge in [-0.2, -0.15) is 0 Å². The predicted octanol–water partition coefficient (Wildman–Crippen LogP) is 3.28. The van der Waals surface area contributed by atoms with Crippen LogP contribution in [0.5, 0.6) is 0 Å². The molecule has 31 heavy (non-hydrogen) atoms. The minimum Gasteiger partial charge on any atom is -0.313 e. The number of benzene rings is 1. The summed E-state index contributed by atoms with van der Waals surface area (Å²) in [7, 11) is -3.64. The van der Waals surface area contributed by atoms with E-state index in [0.717, 1.165) is 30.8 Å². The van der Waals surface area contributed by atoms with Gasteiger partial charge in [-0.3, -0.25) is 4.90 Å². The molecule has 0 amide bonds. The molecular weight excluding hydrogens is 421 g/mol. The van der Waals surface area contributed by atoms with Crippen LogP contribution in [0.15, 0.2) is 40.2 Å². The predicted molar refractivity (Wildman–Crippen MR) is 111 cm³/mol. The van der Waals surface area contributed by atoms with Gasteiger partial charge in [0.25, 0.3) is 0 Å². The molecular formula is C21H26FN5O3S. The van der Waals surface area contributed by atoms with E-state index in [0.29, 0.717) is 17.8 Å². The zero-order chi connectivity index (χ0) is 22.2. The Labute approximate surface area is 181 Å². The summed E-state index contributed by atoms with van der Waals surface area (Å²) in [6.45, 7) is 6.48. The topological polar surface area (TPSA) is 94.1 Å². The van der Waals surface area contributed by atoms with Crippen molar-refractivity contribution in [3.63, 3.8) is 0 Å². The van der Waals surface area contributed by atoms with Gasteiger partial charge in [-0.1, -0.05) is 28.5 Å². The molecule has 1 fully saturated rings. The zero-order valence-corrected chi connectivity index (χ0v) is 18.6. The van der Waals surface area contributed by atoms with Gasteiger partial charge in [0.15, 0.2) is 0 Å². The van der Waals surface area contributed by atoms with Crippen LogP contribution in [0.1, 0.15) is 55.4 Å². The number of halogens is 1. The van der Waals surface area contributed by atoms with Crippen molar-refractivity contribution in [2.24, 2.45) is 0 Å². The molecule has 10 heteroatoms. The first kappa shape index (κ1) is 21.6. The average molecular weight is 448 g/mol. The molecule has 0 unspecified atom stereocenters. The lowest BCUT2D eigenvalue weighted by Crippen LogP contribution is -2.26. The molecule has 0 N–H and O–H groups in total. The Morgan fingerprint density at radius 1 is 1.23 bits per heavy atom. The van der Waals surface area contributed by atoms with E-state index in [1.54, 1.807) is 42.8 Å². The highest BCUT2D eigenvalue weighted by Crippen LogP contribution is 2.34. The molecule has 0 bridgehead atoms. The Morgan fingerprint density at radius 3 is 2.68 bits per heavy atom. The summed E-state index contributed by atoms with van der Waals surface area (Å²) in [6.07, 6.45) is 3.47. The maximum absolute atomic E-state index is 14.4. The monoisotopic (exact) mass is 447 g/mol. The van der Waals surface area contributed by atoms with Gasteiger partial charge in [0.2, 0.25) is 15.0 Å². The van der Waals surface area contributed by atoms with Gasteiger partial charge in [0.1, 0.15) is 17.2 Å². The second-order valence-corrected chi connectivity index (χ2v) is 10.6. The normalized spacial score (nSPS) is 17.6. The molecule has 1 aromatic carbocycles. The van der Waals surface area contributed by atoms with Crippen LogP contribution in [0.2, 0.25) is 0 Å². The van der Waals surface area contributed by atoms with Crippen molar-refractivity contribution in [3.05, 3.63) is 58.9 Å². The van der Waals surface area contributed by atoms with Gasteiger partial charge in [-0.15, -0.1) is 0 Å². The van der Waals surface area contributed by atoms with Gasteiger partial charge in [-0.25, -0.2) is 22.4 Å². The fraction of sp³-hybridized carbons (Fsp3) is 0.476. The summed E-state index contributed by atoms with van der Waals surface area (Å²) in [4.78, 5) is 6.48. The van der Waals surface area contributed by atoms with Crippen LogP contribution in [-0.4, -0.2) is 45.0 Å². The van der Waals surface area contributed by atoms with Gasteiger partial charge < -0.3 is 4.57 Å². The SMILES string of the molecule is Cc1nonc1[C@@H]1CCCN1Cc1cnc(S(=O)(=O)C(C)C)n1Cc1ccccc1F. The molecule has 0 aliphatic carbocycles. The van der Waals surface area contributed by atoms with Crippen LogP contribution in [0.3, 0.4) is 0 Å². The van der Waals surface area contributed by atoms with E-state index in [9.17, 15) is 12.8 Å². The summed E-state index contributed by atoms with van der Waals surface area (Å²) in [5.41, 5.74) is 2.67. The van der Waals surface area contributed by atoms with Crippen molar-refractivity contribution < 1.29 is 17.4 Å². The van der Waals surface area contributed by atoms with Crippen LogP contribution in [0, 0.1) is 12.7 Å². The molecule has 0 spiro atoms. The summed E-state index contributed by atoms with van der Waals surface area (Å²) in [5.74, 6) is -0.376. The van der Waals surface area contributed by atoms with Crippen molar-refractivity contribution >= 4 is 9.84 Å². The zero-order valence-electron chi connectivity index (χ0n) is 17.8. The molecule has 4 rings (SSSR count). The molecule has 0 saturated carbocycles. The molecule has 1 aliphatic rings. The maximum atomic E-state index is 14.4. The smallest absolute Gasteiger partial charge is 0.228 e. The van der Waals surface area contributed by atoms with Crippen LogP contribution in [-0.2, 0) is 22.9 Å². The molecule has 3 heterocycles. The van der Waals surface area contributed by atoms with E-state index in [2.05, 4.69) is 20.2 Å². The lowest BCUT2D eigenvalue weighted by molar-refractivity contribution is 0.226. The highest BCUT2D eigenvalue weighted by atomic mass is 32.2. The Kier molecular flexibility index (Phi) is 5.94. The van der Waals surface area contributed by atoms with E-state index in [-0.39, 0.29) is 23.6 Å². The minimum absolute atomic E-state index is 0.0317. The first-order valence-electron chi connectivity index (χ1n) is 10.3. The third-order valence-corrected chi connectivity index (χ3v) is 7.87. The Hall–Kier alpha value is -2.59. The molecule has 8 nitrogen and oxygen atoms in total. The number of nitrogens with zero attached hydrogens (tertiary/aromatic N) is 5. The molecule has 1 aliphatic heterocycles. The van der Waals surface area contributed by atoms with Gasteiger partial charge in [0, 0.05) is 12.1 Å². The number of likely N-dealkylation sites (tertiary alicyclic amines) is 1. The highest BCUT2D eigenvalue weighted by molar-refractivity contribution is 7.91. The fourth-order valence-corrected chi connectivity index (χ4v) is 5.11. The third-order valence-electron chi connectivity index (χ3n) is 5.79. The molecule has 3 aromatic rings. The molecule has 2 aromatic heterocycles. The van der Waals surface area contributed by atoms with E-state index in [1.807, 2.05) is 6.92 Å². The number of hydrogen-bond acceptors (Lipinski definition) is 7. The van der Waals surface area contributed by atoms with E-state index >= 15 is 0 Å². The van der Waals surface area contributed by atoms with Crippen LogP contribution < -0.4 is 0 Å². The summed E-state index contributed by atoms with van der Waals surface area (Å²) < 4.78 is 46.8. The van der Waals surface area contributed by atoms with E-state index in [1.165, 1.54) is 6.07 Å². The van der Waals surface area contributed by atoms with Gasteiger partial charge >= 0.3 is 0 Å². The molecule has 166 valence electrons. The second kappa shape index (κ2) is 8.51. The Balaban J connectivity index is 1.71. The lowest BCUT2D eigenvalue weighted by atomic mass is 10.1. The molecule has 1 atom stereocenters. The number of aryl methyl sites for hydroxylation is 1. The van der Waals surface area contributed by atoms with Gasteiger partial charge in [-0.05, 0) is 46.2 Å². The summed E-state index contributed by atoms with van der Waals surface area (Å²) >= 11 is 0. The summed E-state index contributed by atoms with van der Waals surface area (Å²) in [6, 6.07) is 6.42. The first-order chi connectivity index (χ1) is 14.8. The average Bonchev–Trinajstić information content (AvgIpc) is 3.44. The Morgan fingerprint density at radius 2 is 2.00 bits per heavy atom. The largest absolute Gasteiger partial charge is 0.313 e. The second-order valence-electron chi connectivity index (χ2n) is 8.17. The maximum Gasteiger partial charge on any atom is 0.228 e. The third kappa shape index (κ3) is 4.14. The van der Waals surface area contributed by atoms with Crippen molar-refractivity contribution in [3.8, 4) is 0 Å². The molecule has 1 saturated heterocycles. The number of hydrogen-bond donors (Lipinski definition) is 0. The quantitative estimate of drug-likeness (QED) is 0.549. The number of aromatic nitrogens is 4. The van der Waals surface area contributed by atoms with Crippen molar-refractivity contribution in [1.29, 1.82) is 0 Å². The van der Waals surface area contributed by atoms with Crippen LogP contribution >= 0.6 is 0 Å². The molecule has 0 radical (unpaired) electrons. The number of imidazole rings is 1. The minimum atomic E-state index is -3.64. The fourth-order valence-electron chi connectivity index (χ4n) is 4.00. The van der Waals surface area contributed by atoms with Crippen LogP contribution in [0.4, 0.5) is 4.39 Å². The number of rotatable bonds is 7. The van der Waals surface area contributed by atoms with Gasteiger partial charge in [0.05, 0.1) is 29.7 Å². The van der Waals surface area contributed by atoms with Crippen molar-refractivity contribution in [1.82, 2.24) is 24.8 Å². The van der Waals surface area contributed by atoms with Crippen molar-refractivity contribution in [2.75, 3.05) is 6.54 Å². The number of sulfone groups is 1. The van der Waals surface area contributed by atoms with Crippen molar-refractivity contribution in [2.45, 2.75) is 63.2 Å². The highest BCUT2D eigenvalue weighted by Gasteiger charge is 2.33. The Bertz CT molecular complexity index is 1170. The lowest BCUT2D eigenvalue weighted by Gasteiger charge is -2.24. The summed E-state index contributed by atoms with van der Waals surface area (Å²) in [5, 5.41) is 7.29. The van der Waals surface area contributed by atoms with E-state index < -0.39 is 15.1 Å². The first-order valence-corrected chi connectivity index (χ1v) is 11.9. The van der Waals surface area contributed by atoms with Crippen LogP contribution in [0.25, 0.3) is 0 Å². The standard InChI is InChI=1S/C21H26FN5O3S/c1-14(2)31(28,29)21-23-11-17(27(21)12-16-7-4-5-8-18(16)22)13-26-10-6-9-19(26)20-15(3)24-30-25-20/h4-5,7-8,11,14,19H,6,9-10,12-13H2,1-3H3/t19-/m0/s1.